The van der Waals surface area contributed by atoms with Crippen molar-refractivity contribution in [1.29, 1.82) is 0 Å². The van der Waals surface area contributed by atoms with Crippen molar-refractivity contribution in [3.05, 3.63) is 34.1 Å². The number of benzene rings is 1. The van der Waals surface area contributed by atoms with Gasteiger partial charge in [0.1, 0.15) is 5.82 Å². The highest BCUT2D eigenvalue weighted by molar-refractivity contribution is 9.10. The molecular formula is C13H18BrFN2. The first-order chi connectivity index (χ1) is 8.16. The van der Waals surface area contributed by atoms with Crippen LogP contribution in [0.15, 0.2) is 22.7 Å². The Bertz CT molecular complexity index is 384. The Morgan fingerprint density at radius 2 is 2.35 bits per heavy atom. The zero-order valence-electron chi connectivity index (χ0n) is 10.0. The van der Waals surface area contributed by atoms with Crippen LogP contribution >= 0.6 is 15.9 Å². The summed E-state index contributed by atoms with van der Waals surface area (Å²) in [5, 5.41) is 3.38. The summed E-state index contributed by atoms with van der Waals surface area (Å²) in [6, 6.07) is 5.86. The standard InChI is InChI=1S/C13H18BrFN2/c1-10-9-16-5-7-17(10)6-4-11-2-3-13(15)12(14)8-11/h2-3,8,10,16H,4-7,9H2,1H3/t10-/m0/s1. The molecule has 1 atom stereocenters. The summed E-state index contributed by atoms with van der Waals surface area (Å²) in [6.45, 7) is 6.52. The highest BCUT2D eigenvalue weighted by Crippen LogP contribution is 2.17. The number of hydrogen-bond donors (Lipinski definition) is 1. The van der Waals surface area contributed by atoms with Crippen molar-refractivity contribution < 1.29 is 4.39 Å². The van der Waals surface area contributed by atoms with Crippen molar-refractivity contribution in [3.8, 4) is 0 Å². The fourth-order valence-electron chi connectivity index (χ4n) is 2.18. The lowest BCUT2D eigenvalue weighted by molar-refractivity contribution is 0.176. The van der Waals surface area contributed by atoms with Gasteiger partial charge in [-0.05, 0) is 47.0 Å². The molecule has 4 heteroatoms. The van der Waals surface area contributed by atoms with E-state index in [1.165, 1.54) is 11.6 Å². The molecule has 94 valence electrons. The Morgan fingerprint density at radius 1 is 1.53 bits per heavy atom. The molecule has 0 spiro atoms. The van der Waals surface area contributed by atoms with Gasteiger partial charge in [0.25, 0.3) is 0 Å². The third-order valence-electron chi connectivity index (χ3n) is 3.31. The Labute approximate surface area is 110 Å². The second kappa shape index (κ2) is 5.94. The minimum absolute atomic E-state index is 0.190. The minimum Gasteiger partial charge on any atom is -0.314 e. The minimum atomic E-state index is -0.190. The maximum absolute atomic E-state index is 13.1. The van der Waals surface area contributed by atoms with Crippen LogP contribution in [0.4, 0.5) is 4.39 Å². The molecule has 1 aliphatic rings. The van der Waals surface area contributed by atoms with E-state index >= 15 is 0 Å². The smallest absolute Gasteiger partial charge is 0.137 e. The molecule has 1 fully saturated rings. The third-order valence-corrected chi connectivity index (χ3v) is 3.92. The van der Waals surface area contributed by atoms with Crippen LogP contribution in [-0.2, 0) is 6.42 Å². The van der Waals surface area contributed by atoms with Crippen molar-refractivity contribution in [2.24, 2.45) is 0 Å². The van der Waals surface area contributed by atoms with Gasteiger partial charge < -0.3 is 5.32 Å². The molecule has 0 unspecified atom stereocenters. The van der Waals surface area contributed by atoms with Gasteiger partial charge >= 0.3 is 0 Å². The van der Waals surface area contributed by atoms with Crippen molar-refractivity contribution in [2.45, 2.75) is 19.4 Å². The van der Waals surface area contributed by atoms with Crippen LogP contribution in [0.2, 0.25) is 0 Å². The van der Waals surface area contributed by atoms with E-state index in [0.717, 1.165) is 32.6 Å². The van der Waals surface area contributed by atoms with Crippen molar-refractivity contribution in [2.75, 3.05) is 26.2 Å². The summed E-state index contributed by atoms with van der Waals surface area (Å²) in [7, 11) is 0. The SMILES string of the molecule is C[C@H]1CNCCN1CCc1ccc(F)c(Br)c1. The van der Waals surface area contributed by atoms with E-state index in [9.17, 15) is 4.39 Å². The predicted octanol–water partition coefficient (Wildman–Crippen LogP) is 2.42. The molecule has 0 amide bonds. The first-order valence-electron chi connectivity index (χ1n) is 6.05. The van der Waals surface area contributed by atoms with E-state index in [-0.39, 0.29) is 5.82 Å². The van der Waals surface area contributed by atoms with Crippen LogP contribution in [0, 0.1) is 5.82 Å². The summed E-state index contributed by atoms with van der Waals surface area (Å²) in [5.41, 5.74) is 1.18. The van der Waals surface area contributed by atoms with Gasteiger partial charge in [-0.3, -0.25) is 4.90 Å². The van der Waals surface area contributed by atoms with E-state index in [1.54, 1.807) is 0 Å². The molecule has 1 heterocycles. The average Bonchev–Trinajstić information content (AvgIpc) is 2.32. The maximum atomic E-state index is 13.1. The molecule has 17 heavy (non-hydrogen) atoms. The molecule has 2 rings (SSSR count). The summed E-state index contributed by atoms with van der Waals surface area (Å²) >= 11 is 3.23. The Morgan fingerprint density at radius 3 is 3.06 bits per heavy atom. The molecule has 1 aliphatic heterocycles. The zero-order chi connectivity index (χ0) is 12.3. The highest BCUT2D eigenvalue weighted by Gasteiger charge is 2.17. The fourth-order valence-corrected chi connectivity index (χ4v) is 2.61. The summed E-state index contributed by atoms with van der Waals surface area (Å²) in [4.78, 5) is 2.48. The van der Waals surface area contributed by atoms with E-state index in [4.69, 9.17) is 0 Å². The largest absolute Gasteiger partial charge is 0.314 e. The molecule has 0 aliphatic carbocycles. The van der Waals surface area contributed by atoms with Crippen LogP contribution in [-0.4, -0.2) is 37.1 Å². The Hall–Kier alpha value is -0.450. The lowest BCUT2D eigenvalue weighted by atomic mass is 10.1. The van der Waals surface area contributed by atoms with Crippen molar-refractivity contribution in [3.63, 3.8) is 0 Å². The monoisotopic (exact) mass is 300 g/mol. The normalized spacial score (nSPS) is 21.7. The van der Waals surface area contributed by atoms with Crippen LogP contribution in [0.25, 0.3) is 0 Å². The number of nitrogens with zero attached hydrogens (tertiary/aromatic N) is 1. The molecule has 1 aromatic carbocycles. The van der Waals surface area contributed by atoms with E-state index < -0.39 is 0 Å². The Kier molecular flexibility index (Phi) is 4.54. The summed E-state index contributed by atoms with van der Waals surface area (Å²) < 4.78 is 13.6. The third kappa shape index (κ3) is 3.50. The molecule has 1 N–H and O–H groups in total. The number of hydrogen-bond acceptors (Lipinski definition) is 2. The number of nitrogens with one attached hydrogen (secondary N) is 1. The predicted molar refractivity (Wildman–Crippen MR) is 71.7 cm³/mol. The van der Waals surface area contributed by atoms with Gasteiger partial charge in [0.05, 0.1) is 4.47 Å². The van der Waals surface area contributed by atoms with Crippen LogP contribution in [0.5, 0.6) is 0 Å². The van der Waals surface area contributed by atoms with Gasteiger partial charge in [0, 0.05) is 32.2 Å². The molecule has 0 bridgehead atoms. The van der Waals surface area contributed by atoms with Gasteiger partial charge in [0.15, 0.2) is 0 Å². The van der Waals surface area contributed by atoms with E-state index in [1.807, 2.05) is 12.1 Å². The van der Waals surface area contributed by atoms with Crippen molar-refractivity contribution >= 4 is 15.9 Å². The van der Waals surface area contributed by atoms with Crippen LogP contribution in [0.1, 0.15) is 12.5 Å². The zero-order valence-corrected chi connectivity index (χ0v) is 11.6. The average molecular weight is 301 g/mol. The molecule has 0 saturated carbocycles. The van der Waals surface area contributed by atoms with Crippen LogP contribution in [0.3, 0.4) is 0 Å². The molecule has 0 radical (unpaired) electrons. The first-order valence-corrected chi connectivity index (χ1v) is 6.85. The lowest BCUT2D eigenvalue weighted by Crippen LogP contribution is -2.50. The Balaban J connectivity index is 1.90. The molecule has 1 saturated heterocycles. The summed E-state index contributed by atoms with van der Waals surface area (Å²) in [6.07, 6.45) is 0.975. The quantitative estimate of drug-likeness (QED) is 0.922. The number of rotatable bonds is 3. The van der Waals surface area contributed by atoms with Gasteiger partial charge in [-0.15, -0.1) is 0 Å². The topological polar surface area (TPSA) is 15.3 Å². The number of halogens is 2. The first kappa shape index (κ1) is 13.0. The number of piperazine rings is 1. The molecule has 1 aromatic rings. The second-order valence-electron chi connectivity index (χ2n) is 4.59. The molecule has 2 nitrogen and oxygen atoms in total. The summed E-state index contributed by atoms with van der Waals surface area (Å²) in [5.74, 6) is -0.190. The second-order valence-corrected chi connectivity index (χ2v) is 5.44. The molecule has 0 aromatic heterocycles. The van der Waals surface area contributed by atoms with Crippen LogP contribution < -0.4 is 5.32 Å². The van der Waals surface area contributed by atoms with Gasteiger partial charge in [-0.1, -0.05) is 6.07 Å². The highest BCUT2D eigenvalue weighted by atomic mass is 79.9. The lowest BCUT2D eigenvalue weighted by Gasteiger charge is -2.33. The van der Waals surface area contributed by atoms with E-state index in [2.05, 4.69) is 33.1 Å². The van der Waals surface area contributed by atoms with Gasteiger partial charge in [0.2, 0.25) is 0 Å². The van der Waals surface area contributed by atoms with Gasteiger partial charge in [-0.25, -0.2) is 4.39 Å². The molecular weight excluding hydrogens is 283 g/mol. The van der Waals surface area contributed by atoms with E-state index in [0.29, 0.717) is 10.5 Å². The maximum Gasteiger partial charge on any atom is 0.137 e. The van der Waals surface area contributed by atoms with Crippen molar-refractivity contribution in [1.82, 2.24) is 10.2 Å². The van der Waals surface area contributed by atoms with Gasteiger partial charge in [-0.2, -0.15) is 0 Å². The fraction of sp³-hybridized carbons (Fsp3) is 0.538.